The summed E-state index contributed by atoms with van der Waals surface area (Å²) < 4.78 is 5.79. The average Bonchev–Trinajstić information content (AvgIpc) is 3.48. The van der Waals surface area contributed by atoms with Gasteiger partial charge in [0, 0.05) is 49.6 Å². The third-order valence-electron chi connectivity index (χ3n) is 7.66. The third kappa shape index (κ3) is 6.41. The summed E-state index contributed by atoms with van der Waals surface area (Å²) in [6.45, 7) is 7.92. The Kier molecular flexibility index (Phi) is 8.65. The summed E-state index contributed by atoms with van der Waals surface area (Å²) in [4.78, 5) is 36.3. The van der Waals surface area contributed by atoms with Crippen molar-refractivity contribution in [3.8, 4) is 5.75 Å². The van der Waals surface area contributed by atoms with Crippen molar-refractivity contribution in [2.45, 2.75) is 38.3 Å². The molecule has 1 amide bonds. The number of carbonyl (C=O) groups is 1. The van der Waals surface area contributed by atoms with E-state index < -0.39 is 0 Å². The highest BCUT2D eigenvalue weighted by molar-refractivity contribution is 6.02. The third-order valence-corrected chi connectivity index (χ3v) is 7.66. The van der Waals surface area contributed by atoms with Crippen LogP contribution in [0.2, 0.25) is 0 Å². The number of ether oxygens (including phenoxy) is 1. The van der Waals surface area contributed by atoms with E-state index in [0.717, 1.165) is 49.3 Å². The van der Waals surface area contributed by atoms with Crippen LogP contribution in [0.15, 0.2) is 55.5 Å². The predicted octanol–water partition coefficient (Wildman–Crippen LogP) is 4.47. The number of rotatable bonds is 9. The highest BCUT2D eigenvalue weighted by Gasteiger charge is 2.30. The van der Waals surface area contributed by atoms with Gasteiger partial charge in [-0.3, -0.25) is 14.6 Å². The molecular formula is C30H38N8O3. The number of nitrogens with zero attached hydrogens (tertiary/aromatic N) is 6. The number of hydroxylamine groups is 1. The van der Waals surface area contributed by atoms with Gasteiger partial charge in [-0.15, -0.1) is 0 Å². The minimum Gasteiger partial charge on any atom is -0.494 e. The molecule has 2 aromatic heterocycles. The number of hydrogen-bond donors (Lipinski definition) is 2. The van der Waals surface area contributed by atoms with Crippen LogP contribution in [0, 0.1) is 6.92 Å². The van der Waals surface area contributed by atoms with Crippen molar-refractivity contribution in [2.75, 3.05) is 61.5 Å². The summed E-state index contributed by atoms with van der Waals surface area (Å²) in [5, 5.41) is 8.15. The van der Waals surface area contributed by atoms with Gasteiger partial charge < -0.3 is 25.2 Å². The molecular weight excluding hydrogens is 520 g/mol. The highest BCUT2D eigenvalue weighted by atomic mass is 16.7. The summed E-state index contributed by atoms with van der Waals surface area (Å²) in [6, 6.07) is 10.3. The Morgan fingerprint density at radius 3 is 2.61 bits per heavy atom. The number of anilines is 5. The molecule has 4 heterocycles. The number of nitrogens with one attached hydrogen (secondary N) is 2. The number of carbonyl (C=O) groups excluding carboxylic acids is 1. The fourth-order valence-electron chi connectivity index (χ4n) is 5.35. The smallest absolute Gasteiger partial charge is 0.247 e. The molecule has 1 unspecified atom stereocenters. The van der Waals surface area contributed by atoms with E-state index in [1.807, 2.05) is 42.4 Å². The van der Waals surface area contributed by atoms with Crippen LogP contribution >= 0.6 is 0 Å². The van der Waals surface area contributed by atoms with Crippen molar-refractivity contribution >= 4 is 34.6 Å². The highest BCUT2D eigenvalue weighted by Crippen LogP contribution is 2.40. The van der Waals surface area contributed by atoms with E-state index in [9.17, 15) is 4.79 Å². The summed E-state index contributed by atoms with van der Waals surface area (Å²) >= 11 is 0. The van der Waals surface area contributed by atoms with Crippen molar-refractivity contribution in [1.29, 1.82) is 0 Å². The van der Waals surface area contributed by atoms with Crippen LogP contribution in [-0.4, -0.2) is 72.7 Å². The first-order chi connectivity index (χ1) is 19.9. The standard InChI is InChI=1S/C30H38N8O3/c1-6-30(39)35-23-15-24(27(40-5)16-26(23)37-12-9-22(10-13-37)36(3)4)34-28-17-29(33-19-32-28)38-25(11-14-41-38)21-8-7-20(2)31-18-21/h6-8,15-19,22,25H,1,9-14H2,2-5H3,(H,35,39)(H,32,33,34). The zero-order valence-corrected chi connectivity index (χ0v) is 24.1. The molecule has 41 heavy (non-hydrogen) atoms. The van der Waals surface area contributed by atoms with Crippen molar-refractivity contribution < 1.29 is 14.4 Å². The first-order valence-electron chi connectivity index (χ1n) is 13.9. The SMILES string of the molecule is C=CC(=O)Nc1cc(Nc2cc(N3OCCC3c3ccc(C)nc3)ncn2)c(OC)cc1N1CCC(N(C)C)CC1. The predicted molar refractivity (Wildman–Crippen MR) is 161 cm³/mol. The van der Waals surface area contributed by atoms with Crippen LogP contribution in [0.4, 0.5) is 28.7 Å². The fourth-order valence-corrected chi connectivity index (χ4v) is 5.35. The lowest BCUT2D eigenvalue weighted by molar-refractivity contribution is -0.111. The van der Waals surface area contributed by atoms with Gasteiger partial charge in [-0.05, 0) is 57.6 Å². The molecule has 3 aromatic rings. The maximum absolute atomic E-state index is 12.4. The summed E-state index contributed by atoms with van der Waals surface area (Å²) in [5.41, 5.74) is 4.27. The van der Waals surface area contributed by atoms with Crippen LogP contribution < -0.4 is 25.3 Å². The molecule has 11 heteroatoms. The number of aryl methyl sites for hydroxylation is 1. The zero-order valence-electron chi connectivity index (χ0n) is 24.1. The van der Waals surface area contributed by atoms with Gasteiger partial charge in [-0.1, -0.05) is 12.6 Å². The molecule has 11 nitrogen and oxygen atoms in total. The van der Waals surface area contributed by atoms with E-state index in [4.69, 9.17) is 9.57 Å². The molecule has 216 valence electrons. The lowest BCUT2D eigenvalue weighted by atomic mass is 10.0. The summed E-state index contributed by atoms with van der Waals surface area (Å²) in [6.07, 6.45) is 7.55. The van der Waals surface area contributed by atoms with E-state index in [-0.39, 0.29) is 11.9 Å². The van der Waals surface area contributed by atoms with Gasteiger partial charge in [-0.2, -0.15) is 0 Å². The zero-order chi connectivity index (χ0) is 28.9. The normalized spacial score (nSPS) is 17.5. The Balaban J connectivity index is 1.42. The van der Waals surface area contributed by atoms with Crippen LogP contribution in [0.1, 0.15) is 36.6 Å². The molecule has 2 saturated heterocycles. The molecule has 0 bridgehead atoms. The lowest BCUT2D eigenvalue weighted by Gasteiger charge is -2.37. The summed E-state index contributed by atoms with van der Waals surface area (Å²) in [5.74, 6) is 1.54. The Labute approximate surface area is 241 Å². The molecule has 0 radical (unpaired) electrons. The molecule has 1 aromatic carbocycles. The second-order valence-electron chi connectivity index (χ2n) is 10.5. The van der Waals surface area contributed by atoms with Gasteiger partial charge in [0.25, 0.3) is 0 Å². The van der Waals surface area contributed by atoms with Crippen molar-refractivity contribution in [3.63, 3.8) is 0 Å². The minimum atomic E-state index is -0.280. The van der Waals surface area contributed by atoms with Gasteiger partial charge in [0.15, 0.2) is 5.82 Å². The van der Waals surface area contributed by atoms with Gasteiger partial charge in [0.2, 0.25) is 5.91 Å². The molecule has 0 saturated carbocycles. The molecule has 2 aliphatic rings. The van der Waals surface area contributed by atoms with E-state index in [0.29, 0.717) is 41.4 Å². The fraction of sp³-hybridized carbons (Fsp3) is 0.400. The van der Waals surface area contributed by atoms with E-state index >= 15 is 0 Å². The Morgan fingerprint density at radius 1 is 1.12 bits per heavy atom. The molecule has 2 aliphatic heterocycles. The number of aromatic nitrogens is 3. The first-order valence-corrected chi connectivity index (χ1v) is 13.9. The monoisotopic (exact) mass is 558 g/mol. The van der Waals surface area contributed by atoms with Crippen molar-refractivity contribution in [2.24, 2.45) is 0 Å². The molecule has 5 rings (SSSR count). The topological polar surface area (TPSA) is 108 Å². The maximum atomic E-state index is 12.4. The van der Waals surface area contributed by atoms with E-state index in [1.165, 1.54) is 12.4 Å². The molecule has 1 atom stereocenters. The second-order valence-corrected chi connectivity index (χ2v) is 10.5. The number of hydrogen-bond acceptors (Lipinski definition) is 10. The van der Waals surface area contributed by atoms with Crippen molar-refractivity contribution in [3.05, 3.63) is 66.8 Å². The minimum absolute atomic E-state index is 0.00276. The van der Waals surface area contributed by atoms with Crippen LogP contribution in [-0.2, 0) is 9.63 Å². The Morgan fingerprint density at radius 2 is 1.93 bits per heavy atom. The number of pyridine rings is 1. The molecule has 2 N–H and O–H groups in total. The van der Waals surface area contributed by atoms with Crippen LogP contribution in [0.25, 0.3) is 0 Å². The van der Waals surface area contributed by atoms with Gasteiger partial charge in [0.1, 0.15) is 17.9 Å². The largest absolute Gasteiger partial charge is 0.494 e. The van der Waals surface area contributed by atoms with Crippen LogP contribution in [0.3, 0.4) is 0 Å². The second kappa shape index (κ2) is 12.5. The maximum Gasteiger partial charge on any atom is 0.247 e. The van der Waals surface area contributed by atoms with E-state index in [2.05, 4.69) is 62.1 Å². The van der Waals surface area contributed by atoms with Gasteiger partial charge in [-0.25, -0.2) is 15.0 Å². The Hall–Kier alpha value is -4.22. The van der Waals surface area contributed by atoms with Gasteiger partial charge in [0.05, 0.1) is 36.8 Å². The molecule has 0 spiro atoms. The average molecular weight is 559 g/mol. The number of piperidine rings is 1. The number of benzene rings is 1. The summed E-state index contributed by atoms with van der Waals surface area (Å²) in [7, 11) is 5.87. The Bertz CT molecular complexity index is 1370. The quantitative estimate of drug-likeness (QED) is 0.365. The van der Waals surface area contributed by atoms with Crippen molar-refractivity contribution in [1.82, 2.24) is 19.9 Å². The van der Waals surface area contributed by atoms with Crippen LogP contribution in [0.5, 0.6) is 5.75 Å². The van der Waals surface area contributed by atoms with Gasteiger partial charge >= 0.3 is 0 Å². The first kappa shape index (κ1) is 28.3. The number of amides is 1. The molecule has 2 fully saturated rings. The number of methoxy groups -OCH3 is 1. The lowest BCUT2D eigenvalue weighted by Crippen LogP contribution is -2.42. The van der Waals surface area contributed by atoms with E-state index in [1.54, 1.807) is 7.11 Å². The molecule has 0 aliphatic carbocycles.